The largest absolute Gasteiger partial charge is 0.398 e. The zero-order chi connectivity index (χ0) is 13.2. The molecule has 0 aliphatic rings. The minimum absolute atomic E-state index is 0.890. The van der Waals surface area contributed by atoms with E-state index in [1.165, 1.54) is 16.3 Å². The minimum Gasteiger partial charge on any atom is -0.398 e. The van der Waals surface area contributed by atoms with Gasteiger partial charge in [-0.2, -0.15) is 12.6 Å². The van der Waals surface area contributed by atoms with Crippen LogP contribution in [0.5, 0.6) is 0 Å². The minimum atomic E-state index is 0.890. The maximum Gasteiger partial charge on any atom is 0.0473 e. The van der Waals surface area contributed by atoms with Crippen molar-refractivity contribution in [1.29, 1.82) is 0 Å². The van der Waals surface area contributed by atoms with Crippen molar-refractivity contribution in [3.8, 4) is 0 Å². The Bertz CT molecular complexity index is 677. The van der Waals surface area contributed by atoms with Crippen LogP contribution in [0.3, 0.4) is 0 Å². The molecule has 0 fully saturated rings. The Kier molecular flexibility index (Phi) is 3.34. The predicted molar refractivity (Wildman–Crippen MR) is 88.0 cm³/mol. The summed E-state index contributed by atoms with van der Waals surface area (Å²) in [7, 11) is 0. The van der Waals surface area contributed by atoms with Gasteiger partial charge in [-0.15, -0.1) is 0 Å². The number of hydrogen-bond acceptors (Lipinski definition) is 2. The van der Waals surface area contributed by atoms with Crippen molar-refractivity contribution >= 4 is 39.9 Å². The van der Waals surface area contributed by atoms with Crippen molar-refractivity contribution in [1.82, 2.24) is 0 Å². The average Bonchev–Trinajstić information content (AvgIpc) is 2.47. The molecular weight excluding hydrogens is 250 g/mol. The maximum atomic E-state index is 6.34. The fraction of sp³-hybridized carbons (Fsp3) is 0.176. The zero-order valence-electron chi connectivity index (χ0n) is 10.8. The van der Waals surface area contributed by atoms with Gasteiger partial charge >= 0.3 is 0 Å². The van der Waals surface area contributed by atoms with Crippen LogP contribution in [-0.4, -0.2) is 5.75 Å². The molecule has 0 aromatic heterocycles. The van der Waals surface area contributed by atoms with Crippen LogP contribution in [0, 0.1) is 0 Å². The Morgan fingerprint density at radius 1 is 0.789 bits per heavy atom. The lowest BCUT2D eigenvalue weighted by molar-refractivity contribution is 0.952. The van der Waals surface area contributed by atoms with Gasteiger partial charge in [-0.25, -0.2) is 0 Å². The number of fused-ring (bicyclic) bond motifs is 2. The molecule has 0 spiro atoms. The molecule has 1 nitrogen and oxygen atoms in total. The van der Waals surface area contributed by atoms with Gasteiger partial charge in [0.1, 0.15) is 0 Å². The Morgan fingerprint density at radius 2 is 1.26 bits per heavy atom. The van der Waals surface area contributed by atoms with E-state index in [0.29, 0.717) is 0 Å². The second-order valence-corrected chi connectivity index (χ2v) is 5.26. The Hall–Kier alpha value is -1.67. The summed E-state index contributed by atoms with van der Waals surface area (Å²) in [5.41, 5.74) is 8.62. The predicted octanol–water partition coefficient (Wildman–Crippen LogP) is 4.44. The molecule has 3 aromatic carbocycles. The quantitative estimate of drug-likeness (QED) is 0.409. The lowest BCUT2D eigenvalue weighted by Gasteiger charge is -2.14. The van der Waals surface area contributed by atoms with E-state index < -0.39 is 0 Å². The molecule has 0 saturated carbocycles. The van der Waals surface area contributed by atoms with E-state index >= 15 is 0 Å². The van der Waals surface area contributed by atoms with Gasteiger partial charge in [-0.1, -0.05) is 48.5 Å². The number of nitrogens with two attached hydrogens (primary N) is 1. The monoisotopic (exact) mass is 267 g/mol. The first-order valence-corrected chi connectivity index (χ1v) is 7.25. The number of benzene rings is 3. The molecule has 19 heavy (non-hydrogen) atoms. The third-order valence-corrected chi connectivity index (χ3v) is 3.99. The fourth-order valence-corrected chi connectivity index (χ4v) is 2.94. The van der Waals surface area contributed by atoms with E-state index in [2.05, 4.69) is 61.2 Å². The first-order chi connectivity index (χ1) is 9.33. The highest BCUT2D eigenvalue weighted by Gasteiger charge is 2.10. The highest BCUT2D eigenvalue weighted by Crippen LogP contribution is 2.35. The third-order valence-electron chi connectivity index (χ3n) is 3.67. The van der Waals surface area contributed by atoms with Gasteiger partial charge in [0, 0.05) is 16.5 Å². The molecule has 2 heteroatoms. The molecule has 3 rings (SSSR count). The first-order valence-electron chi connectivity index (χ1n) is 6.61. The Balaban J connectivity index is 2.42. The fourth-order valence-electron chi connectivity index (χ4n) is 2.78. The summed E-state index contributed by atoms with van der Waals surface area (Å²) < 4.78 is 0. The first kappa shape index (κ1) is 12.4. The molecule has 0 aliphatic carbocycles. The highest BCUT2D eigenvalue weighted by atomic mass is 32.1. The van der Waals surface area contributed by atoms with Gasteiger partial charge < -0.3 is 5.73 Å². The summed E-state index contributed by atoms with van der Waals surface area (Å²) in [5, 5.41) is 4.88. The van der Waals surface area contributed by atoms with E-state index in [9.17, 15) is 0 Å². The molecule has 0 bridgehead atoms. The van der Waals surface area contributed by atoms with Crippen LogP contribution in [0.4, 0.5) is 5.69 Å². The van der Waals surface area contributed by atoms with Crippen molar-refractivity contribution < 1.29 is 0 Å². The zero-order valence-corrected chi connectivity index (χ0v) is 11.7. The summed E-state index contributed by atoms with van der Waals surface area (Å²) in [6.07, 6.45) is 2.13. The van der Waals surface area contributed by atoms with Crippen LogP contribution >= 0.6 is 12.6 Å². The lowest BCUT2D eigenvalue weighted by atomic mass is 9.93. The number of nitrogen functional groups attached to an aromatic ring is 1. The van der Waals surface area contributed by atoms with Gasteiger partial charge in [0.05, 0.1) is 0 Å². The molecule has 3 aromatic rings. The van der Waals surface area contributed by atoms with Gasteiger partial charge in [0.2, 0.25) is 0 Å². The third kappa shape index (κ3) is 2.06. The van der Waals surface area contributed by atoms with E-state index in [1.54, 1.807) is 0 Å². The summed E-state index contributed by atoms with van der Waals surface area (Å²) >= 11 is 4.34. The molecule has 96 valence electrons. The molecule has 0 heterocycles. The van der Waals surface area contributed by atoms with E-state index in [4.69, 9.17) is 5.73 Å². The second kappa shape index (κ2) is 5.14. The van der Waals surface area contributed by atoms with Crippen molar-refractivity contribution in [2.24, 2.45) is 0 Å². The Morgan fingerprint density at radius 3 is 1.74 bits per heavy atom. The molecular formula is C17H17NS. The molecule has 0 saturated heterocycles. The summed E-state index contributed by atoms with van der Waals surface area (Å²) in [4.78, 5) is 0. The SMILES string of the molecule is Nc1c2ccccc2c(CCCS)c2ccccc12. The van der Waals surface area contributed by atoms with Crippen molar-refractivity contribution in [3.63, 3.8) is 0 Å². The van der Waals surface area contributed by atoms with Crippen molar-refractivity contribution in [2.75, 3.05) is 11.5 Å². The highest BCUT2D eigenvalue weighted by molar-refractivity contribution is 7.80. The van der Waals surface area contributed by atoms with E-state index in [1.807, 2.05) is 0 Å². The number of rotatable bonds is 3. The molecule has 0 unspecified atom stereocenters. The van der Waals surface area contributed by atoms with Gasteiger partial charge in [-0.3, -0.25) is 0 Å². The van der Waals surface area contributed by atoms with Crippen LogP contribution in [0.15, 0.2) is 48.5 Å². The van der Waals surface area contributed by atoms with Gasteiger partial charge in [-0.05, 0) is 34.9 Å². The standard InChI is InChI=1S/C17H17NS/c18-17-15-8-3-1-6-13(15)12(10-5-11-19)14-7-2-4-9-16(14)17/h1-4,6-9,19H,5,10-11,18H2. The summed E-state index contributed by atoms with van der Waals surface area (Å²) in [5.74, 6) is 0.910. The average molecular weight is 267 g/mol. The molecule has 0 aliphatic heterocycles. The van der Waals surface area contributed by atoms with Crippen LogP contribution in [0.1, 0.15) is 12.0 Å². The van der Waals surface area contributed by atoms with Crippen LogP contribution in [0.2, 0.25) is 0 Å². The molecule has 0 atom stereocenters. The van der Waals surface area contributed by atoms with Crippen LogP contribution in [-0.2, 0) is 6.42 Å². The lowest BCUT2D eigenvalue weighted by Crippen LogP contribution is -1.96. The number of aryl methyl sites for hydroxylation is 1. The Labute approximate surface area is 118 Å². The van der Waals surface area contributed by atoms with Gasteiger partial charge in [0.25, 0.3) is 0 Å². The number of anilines is 1. The van der Waals surface area contributed by atoms with E-state index in [-0.39, 0.29) is 0 Å². The topological polar surface area (TPSA) is 26.0 Å². The molecule has 0 radical (unpaired) electrons. The smallest absolute Gasteiger partial charge is 0.0473 e. The summed E-state index contributed by atoms with van der Waals surface area (Å²) in [6, 6.07) is 16.8. The van der Waals surface area contributed by atoms with Crippen LogP contribution in [0.25, 0.3) is 21.5 Å². The van der Waals surface area contributed by atoms with Crippen molar-refractivity contribution in [3.05, 3.63) is 54.1 Å². The molecule has 2 N–H and O–H groups in total. The normalized spacial score (nSPS) is 11.2. The molecule has 0 amide bonds. The number of thiol groups is 1. The van der Waals surface area contributed by atoms with Gasteiger partial charge in [0.15, 0.2) is 0 Å². The van der Waals surface area contributed by atoms with Crippen molar-refractivity contribution in [2.45, 2.75) is 12.8 Å². The summed E-state index contributed by atoms with van der Waals surface area (Å²) in [6.45, 7) is 0. The second-order valence-electron chi connectivity index (χ2n) is 4.81. The number of hydrogen-bond donors (Lipinski definition) is 2. The van der Waals surface area contributed by atoms with E-state index in [0.717, 1.165) is 35.1 Å². The van der Waals surface area contributed by atoms with Crippen LogP contribution < -0.4 is 5.73 Å². The maximum absolute atomic E-state index is 6.34.